The van der Waals surface area contributed by atoms with Gasteiger partial charge in [-0.2, -0.15) is 0 Å². The minimum absolute atomic E-state index is 0.144. The van der Waals surface area contributed by atoms with Crippen LogP contribution in [0, 0.1) is 0 Å². The predicted molar refractivity (Wildman–Crippen MR) is 79.5 cm³/mol. The number of methoxy groups -OCH3 is 1. The maximum absolute atomic E-state index is 11.9. The number of ether oxygens (including phenoxy) is 1. The molecule has 1 heterocycles. The van der Waals surface area contributed by atoms with Crippen LogP contribution in [0.2, 0.25) is 0 Å². The number of amides is 2. The Hall–Kier alpha value is -2.83. The second-order valence-electron chi connectivity index (χ2n) is 4.52. The molecule has 116 valence electrons. The zero-order valence-electron chi connectivity index (χ0n) is 12.4. The summed E-state index contributed by atoms with van der Waals surface area (Å²) in [6.07, 6.45) is 0. The Kier molecular flexibility index (Phi) is 5.13. The number of carbonyl (C=O) groups excluding carboxylic acids is 2. The molecule has 0 atom stereocenters. The van der Waals surface area contributed by atoms with Gasteiger partial charge >= 0.3 is 0 Å². The van der Waals surface area contributed by atoms with E-state index >= 15 is 0 Å². The van der Waals surface area contributed by atoms with Crippen LogP contribution in [0.3, 0.4) is 0 Å². The van der Waals surface area contributed by atoms with Crippen LogP contribution in [0.15, 0.2) is 34.9 Å². The van der Waals surface area contributed by atoms with Crippen LogP contribution in [0.4, 0.5) is 0 Å². The lowest BCUT2D eigenvalue weighted by molar-refractivity contribution is -0.118. The maximum Gasteiger partial charge on any atom is 0.273 e. The van der Waals surface area contributed by atoms with Crippen molar-refractivity contribution in [2.24, 2.45) is 0 Å². The molecule has 22 heavy (non-hydrogen) atoms. The van der Waals surface area contributed by atoms with E-state index in [1.807, 2.05) is 18.2 Å². The molecule has 2 aromatic rings. The van der Waals surface area contributed by atoms with Crippen LogP contribution in [0.25, 0.3) is 11.3 Å². The summed E-state index contributed by atoms with van der Waals surface area (Å²) < 4.78 is 10.4. The van der Waals surface area contributed by atoms with Crippen molar-refractivity contribution in [2.45, 2.75) is 6.92 Å². The van der Waals surface area contributed by atoms with Crippen LogP contribution in [-0.4, -0.2) is 37.2 Å². The van der Waals surface area contributed by atoms with Gasteiger partial charge in [0.15, 0.2) is 11.5 Å². The van der Waals surface area contributed by atoms with Crippen molar-refractivity contribution in [1.29, 1.82) is 0 Å². The van der Waals surface area contributed by atoms with Crippen LogP contribution >= 0.6 is 0 Å². The number of hydrogen-bond acceptors (Lipinski definition) is 5. The molecular weight excluding hydrogens is 286 g/mol. The predicted octanol–water partition coefficient (Wildman–Crippen LogP) is 1.22. The zero-order valence-corrected chi connectivity index (χ0v) is 12.4. The lowest BCUT2D eigenvalue weighted by Crippen LogP contribution is -2.33. The first-order valence-electron chi connectivity index (χ1n) is 6.74. The fraction of sp³-hybridized carbons (Fsp3) is 0.267. The molecule has 0 aliphatic heterocycles. The molecule has 1 aromatic carbocycles. The summed E-state index contributed by atoms with van der Waals surface area (Å²) in [7, 11) is 1.56. The Morgan fingerprint density at radius 2 is 1.95 bits per heavy atom. The van der Waals surface area contributed by atoms with Gasteiger partial charge in [0.05, 0.1) is 12.7 Å². The Balaban J connectivity index is 2.02. The van der Waals surface area contributed by atoms with E-state index in [2.05, 4.69) is 15.8 Å². The first kappa shape index (κ1) is 15.6. The summed E-state index contributed by atoms with van der Waals surface area (Å²) in [5.41, 5.74) is 0.888. The third-order valence-corrected chi connectivity index (χ3v) is 2.90. The van der Waals surface area contributed by atoms with Crippen LogP contribution in [0.5, 0.6) is 5.75 Å². The van der Waals surface area contributed by atoms with E-state index in [9.17, 15) is 9.59 Å². The average molecular weight is 303 g/mol. The lowest BCUT2D eigenvalue weighted by atomic mass is 10.1. The molecule has 0 saturated carbocycles. The molecule has 2 rings (SSSR count). The van der Waals surface area contributed by atoms with Crippen molar-refractivity contribution in [3.63, 3.8) is 0 Å². The minimum atomic E-state index is -0.366. The molecule has 0 fully saturated rings. The molecule has 0 radical (unpaired) electrons. The molecule has 1 aromatic heterocycles. The van der Waals surface area contributed by atoms with Gasteiger partial charge in [0.1, 0.15) is 5.75 Å². The quantitative estimate of drug-likeness (QED) is 0.783. The van der Waals surface area contributed by atoms with E-state index < -0.39 is 0 Å². The molecule has 2 N–H and O–H groups in total. The molecule has 0 spiro atoms. The summed E-state index contributed by atoms with van der Waals surface area (Å²) in [6, 6.07) is 8.84. The second kappa shape index (κ2) is 7.26. The number of rotatable bonds is 6. The number of benzene rings is 1. The third kappa shape index (κ3) is 3.85. The Labute approximate surface area is 127 Å². The smallest absolute Gasteiger partial charge is 0.273 e. The Morgan fingerprint density at radius 1 is 1.23 bits per heavy atom. The van der Waals surface area contributed by atoms with Crippen molar-refractivity contribution in [3.05, 3.63) is 36.0 Å². The molecule has 0 bridgehead atoms. The third-order valence-electron chi connectivity index (χ3n) is 2.90. The number of nitrogens with one attached hydrogen (secondary N) is 2. The van der Waals surface area contributed by atoms with Gasteiger partial charge in [0.2, 0.25) is 5.91 Å². The highest BCUT2D eigenvalue weighted by molar-refractivity contribution is 5.93. The fourth-order valence-electron chi connectivity index (χ4n) is 1.86. The molecule has 0 unspecified atom stereocenters. The minimum Gasteiger partial charge on any atom is -0.496 e. The van der Waals surface area contributed by atoms with E-state index in [1.165, 1.54) is 6.92 Å². The van der Waals surface area contributed by atoms with Crippen LogP contribution in [-0.2, 0) is 4.79 Å². The van der Waals surface area contributed by atoms with Crippen molar-refractivity contribution in [1.82, 2.24) is 15.8 Å². The molecule has 0 aliphatic carbocycles. The molecule has 0 aliphatic rings. The summed E-state index contributed by atoms with van der Waals surface area (Å²) >= 11 is 0. The van der Waals surface area contributed by atoms with Gasteiger partial charge in [-0.05, 0) is 12.1 Å². The standard InChI is InChI=1S/C15H17N3O4/c1-10(19)16-7-8-17-15(20)12-9-14(22-18-12)11-5-3-4-6-13(11)21-2/h3-6,9H,7-8H2,1-2H3,(H,16,19)(H,17,20). The van der Waals surface area contributed by atoms with Gasteiger partial charge in [-0.15, -0.1) is 0 Å². The highest BCUT2D eigenvalue weighted by Gasteiger charge is 2.15. The van der Waals surface area contributed by atoms with Gasteiger partial charge < -0.3 is 19.9 Å². The number of nitrogens with zero attached hydrogens (tertiary/aromatic N) is 1. The van der Waals surface area contributed by atoms with E-state index in [4.69, 9.17) is 9.26 Å². The second-order valence-corrected chi connectivity index (χ2v) is 4.52. The summed E-state index contributed by atoms with van der Waals surface area (Å²) in [4.78, 5) is 22.6. The Bertz CT molecular complexity index is 666. The molecule has 7 heteroatoms. The highest BCUT2D eigenvalue weighted by Crippen LogP contribution is 2.29. The van der Waals surface area contributed by atoms with E-state index in [1.54, 1.807) is 19.2 Å². The first-order chi connectivity index (χ1) is 10.6. The van der Waals surface area contributed by atoms with Gasteiger partial charge in [-0.25, -0.2) is 0 Å². The topological polar surface area (TPSA) is 93.5 Å². The SMILES string of the molecule is COc1ccccc1-c1cc(C(=O)NCCNC(C)=O)no1. The number of para-hydroxylation sites is 1. The van der Waals surface area contributed by atoms with Crippen LogP contribution < -0.4 is 15.4 Å². The van der Waals surface area contributed by atoms with Crippen molar-refractivity contribution >= 4 is 11.8 Å². The van der Waals surface area contributed by atoms with Gasteiger partial charge in [-0.3, -0.25) is 9.59 Å². The highest BCUT2D eigenvalue weighted by atomic mass is 16.5. The van der Waals surface area contributed by atoms with Crippen molar-refractivity contribution < 1.29 is 18.8 Å². The van der Waals surface area contributed by atoms with Gasteiger partial charge in [0.25, 0.3) is 5.91 Å². The maximum atomic E-state index is 11.9. The van der Waals surface area contributed by atoms with E-state index in [0.717, 1.165) is 5.56 Å². The summed E-state index contributed by atoms with van der Waals surface area (Å²) in [6.45, 7) is 2.09. The number of hydrogen-bond donors (Lipinski definition) is 2. The molecular formula is C15H17N3O4. The van der Waals surface area contributed by atoms with Gasteiger partial charge in [0, 0.05) is 26.1 Å². The van der Waals surface area contributed by atoms with Gasteiger partial charge in [-0.1, -0.05) is 17.3 Å². The first-order valence-corrected chi connectivity index (χ1v) is 6.74. The summed E-state index contributed by atoms with van der Waals surface area (Å²) in [5, 5.41) is 8.98. The van der Waals surface area contributed by atoms with Crippen LogP contribution in [0.1, 0.15) is 17.4 Å². The van der Waals surface area contributed by atoms with E-state index in [-0.39, 0.29) is 17.5 Å². The monoisotopic (exact) mass is 303 g/mol. The number of carbonyl (C=O) groups is 2. The summed E-state index contributed by atoms with van der Waals surface area (Å²) in [5.74, 6) is 0.574. The fourth-order valence-corrected chi connectivity index (χ4v) is 1.86. The largest absolute Gasteiger partial charge is 0.496 e. The lowest BCUT2D eigenvalue weighted by Gasteiger charge is -2.04. The molecule has 0 saturated heterocycles. The molecule has 7 nitrogen and oxygen atoms in total. The Morgan fingerprint density at radius 3 is 2.68 bits per heavy atom. The van der Waals surface area contributed by atoms with E-state index in [0.29, 0.717) is 24.6 Å². The normalized spacial score (nSPS) is 10.1. The van der Waals surface area contributed by atoms with Crippen molar-refractivity contribution in [3.8, 4) is 17.1 Å². The van der Waals surface area contributed by atoms with Crippen molar-refractivity contribution in [2.75, 3.05) is 20.2 Å². The zero-order chi connectivity index (χ0) is 15.9. The molecule has 2 amide bonds. The number of aromatic nitrogens is 1. The average Bonchev–Trinajstić information content (AvgIpc) is 3.01.